The van der Waals surface area contributed by atoms with E-state index in [1.165, 1.54) is 5.56 Å². The third-order valence-electron chi connectivity index (χ3n) is 2.91. The Morgan fingerprint density at radius 3 is 2.94 bits per heavy atom. The van der Waals surface area contributed by atoms with Crippen LogP contribution in [0.15, 0.2) is 36.9 Å². The van der Waals surface area contributed by atoms with Gasteiger partial charge >= 0.3 is 0 Å². The van der Waals surface area contributed by atoms with Crippen molar-refractivity contribution in [2.75, 3.05) is 6.54 Å². The van der Waals surface area contributed by atoms with E-state index in [9.17, 15) is 0 Å². The molecule has 0 aromatic carbocycles. The summed E-state index contributed by atoms with van der Waals surface area (Å²) in [5.41, 5.74) is 1.22. The quantitative estimate of drug-likeness (QED) is 0.853. The molecule has 2 rings (SSSR count). The van der Waals surface area contributed by atoms with Crippen molar-refractivity contribution >= 4 is 0 Å². The van der Waals surface area contributed by atoms with Crippen molar-refractivity contribution in [3.05, 3.63) is 48.3 Å². The molecule has 0 fully saturated rings. The summed E-state index contributed by atoms with van der Waals surface area (Å²) >= 11 is 0. The molecule has 1 N–H and O–H groups in total. The van der Waals surface area contributed by atoms with Gasteiger partial charge in [-0.05, 0) is 25.5 Å². The number of pyridine rings is 1. The number of hydrogen-bond acceptors (Lipinski definition) is 3. The monoisotopic (exact) mass is 230 g/mol. The number of hydrogen-bond donors (Lipinski definition) is 1. The van der Waals surface area contributed by atoms with Gasteiger partial charge < -0.3 is 9.88 Å². The normalized spacial score (nSPS) is 12.6. The Morgan fingerprint density at radius 2 is 2.29 bits per heavy atom. The minimum atomic E-state index is 0.326. The maximum absolute atomic E-state index is 4.20. The molecule has 0 saturated carbocycles. The van der Waals surface area contributed by atoms with Crippen LogP contribution in [0.4, 0.5) is 0 Å². The summed E-state index contributed by atoms with van der Waals surface area (Å²) in [7, 11) is 0. The zero-order chi connectivity index (χ0) is 12.1. The first-order valence-electron chi connectivity index (χ1n) is 5.88. The molecule has 0 radical (unpaired) electrons. The largest absolute Gasteiger partial charge is 0.334 e. The van der Waals surface area contributed by atoms with Gasteiger partial charge in [0.1, 0.15) is 5.82 Å². The number of nitrogens with one attached hydrogen (secondary N) is 1. The summed E-state index contributed by atoms with van der Waals surface area (Å²) in [6.45, 7) is 6.03. The van der Waals surface area contributed by atoms with E-state index in [-0.39, 0.29) is 0 Å². The maximum Gasteiger partial charge on any atom is 0.105 e. The summed E-state index contributed by atoms with van der Waals surface area (Å²) in [6.07, 6.45) is 7.54. The van der Waals surface area contributed by atoms with Crippen molar-refractivity contribution < 1.29 is 0 Å². The fourth-order valence-electron chi connectivity index (χ4n) is 1.79. The first-order chi connectivity index (χ1) is 8.27. The first-order valence-corrected chi connectivity index (χ1v) is 5.88. The van der Waals surface area contributed by atoms with Crippen molar-refractivity contribution in [3.63, 3.8) is 0 Å². The van der Waals surface area contributed by atoms with Crippen LogP contribution >= 0.6 is 0 Å². The second kappa shape index (κ2) is 5.59. The molecule has 2 aromatic heterocycles. The van der Waals surface area contributed by atoms with Gasteiger partial charge in [-0.3, -0.25) is 4.98 Å². The number of aryl methyl sites for hydroxylation is 1. The van der Waals surface area contributed by atoms with Gasteiger partial charge in [0.25, 0.3) is 0 Å². The lowest BCUT2D eigenvalue weighted by Crippen LogP contribution is -2.23. The Hall–Kier alpha value is -1.68. The van der Waals surface area contributed by atoms with Gasteiger partial charge in [0, 0.05) is 43.9 Å². The molecule has 1 atom stereocenters. The summed E-state index contributed by atoms with van der Waals surface area (Å²) in [5.74, 6) is 1.06. The van der Waals surface area contributed by atoms with Gasteiger partial charge in [-0.15, -0.1) is 0 Å². The van der Waals surface area contributed by atoms with E-state index in [0.717, 1.165) is 18.9 Å². The van der Waals surface area contributed by atoms with Crippen LogP contribution in [-0.2, 0) is 6.54 Å². The minimum absolute atomic E-state index is 0.326. The third-order valence-corrected chi connectivity index (χ3v) is 2.91. The van der Waals surface area contributed by atoms with Crippen LogP contribution in [0.2, 0.25) is 0 Å². The van der Waals surface area contributed by atoms with Crippen LogP contribution in [0.3, 0.4) is 0 Å². The zero-order valence-electron chi connectivity index (χ0n) is 10.3. The summed E-state index contributed by atoms with van der Waals surface area (Å²) in [6, 6.07) is 4.38. The Bertz CT molecular complexity index is 449. The molecule has 0 aliphatic rings. The molecule has 0 saturated heterocycles. The number of aromatic nitrogens is 3. The second-order valence-corrected chi connectivity index (χ2v) is 4.13. The van der Waals surface area contributed by atoms with Crippen LogP contribution in [0.5, 0.6) is 0 Å². The van der Waals surface area contributed by atoms with E-state index in [1.807, 2.05) is 31.6 Å². The van der Waals surface area contributed by atoms with Crippen molar-refractivity contribution in [1.82, 2.24) is 19.9 Å². The highest BCUT2D eigenvalue weighted by Crippen LogP contribution is 2.09. The summed E-state index contributed by atoms with van der Waals surface area (Å²) < 4.78 is 2.14. The predicted octanol–water partition coefficient (Wildman–Crippen LogP) is 1.94. The molecule has 0 amide bonds. The van der Waals surface area contributed by atoms with Gasteiger partial charge in [0.15, 0.2) is 0 Å². The highest BCUT2D eigenvalue weighted by atomic mass is 15.1. The van der Waals surface area contributed by atoms with E-state index in [1.54, 1.807) is 6.20 Å². The van der Waals surface area contributed by atoms with Crippen molar-refractivity contribution in [1.29, 1.82) is 0 Å². The Kier molecular flexibility index (Phi) is 3.88. The molecule has 0 aliphatic carbocycles. The Labute approximate surface area is 102 Å². The number of imidazole rings is 1. The molecule has 0 aliphatic heterocycles. The van der Waals surface area contributed by atoms with Gasteiger partial charge in [-0.25, -0.2) is 4.98 Å². The molecule has 2 aromatic rings. The second-order valence-electron chi connectivity index (χ2n) is 4.13. The molecular formula is C13H18N4. The fourth-order valence-corrected chi connectivity index (χ4v) is 1.79. The van der Waals surface area contributed by atoms with Crippen LogP contribution in [0.1, 0.15) is 24.4 Å². The molecular weight excluding hydrogens is 212 g/mol. The average molecular weight is 230 g/mol. The lowest BCUT2D eigenvalue weighted by Gasteiger charge is -2.14. The van der Waals surface area contributed by atoms with E-state index >= 15 is 0 Å². The van der Waals surface area contributed by atoms with Gasteiger partial charge in [0.05, 0.1) is 0 Å². The van der Waals surface area contributed by atoms with Gasteiger partial charge in [-0.1, -0.05) is 6.07 Å². The van der Waals surface area contributed by atoms with Gasteiger partial charge in [-0.2, -0.15) is 0 Å². The highest BCUT2D eigenvalue weighted by molar-refractivity contribution is 5.12. The topological polar surface area (TPSA) is 42.7 Å². The van der Waals surface area contributed by atoms with E-state index in [4.69, 9.17) is 0 Å². The molecule has 0 bridgehead atoms. The van der Waals surface area contributed by atoms with Gasteiger partial charge in [0.2, 0.25) is 0 Å². The lowest BCUT2D eigenvalue weighted by molar-refractivity contribution is 0.525. The standard InChI is InChI=1S/C13H18N4/c1-11(13-4-3-5-14-10-13)15-6-8-17-9-7-16-12(17)2/h3-5,7,9-11,15H,6,8H2,1-2H3/t11-/m0/s1. The Balaban J connectivity index is 1.81. The molecule has 2 heterocycles. The highest BCUT2D eigenvalue weighted by Gasteiger charge is 2.04. The summed E-state index contributed by atoms with van der Waals surface area (Å²) in [5, 5.41) is 3.48. The van der Waals surface area contributed by atoms with Crippen molar-refractivity contribution in [2.45, 2.75) is 26.4 Å². The van der Waals surface area contributed by atoms with Crippen LogP contribution in [0.25, 0.3) is 0 Å². The molecule has 4 nitrogen and oxygen atoms in total. The molecule has 0 spiro atoms. The number of nitrogens with zero attached hydrogens (tertiary/aromatic N) is 3. The summed E-state index contributed by atoms with van der Waals surface area (Å²) in [4.78, 5) is 8.32. The molecule has 17 heavy (non-hydrogen) atoms. The number of rotatable bonds is 5. The average Bonchev–Trinajstić information content (AvgIpc) is 2.76. The first kappa shape index (κ1) is 11.8. The maximum atomic E-state index is 4.20. The van der Waals surface area contributed by atoms with Crippen LogP contribution in [0, 0.1) is 6.92 Å². The van der Waals surface area contributed by atoms with E-state index in [0.29, 0.717) is 6.04 Å². The smallest absolute Gasteiger partial charge is 0.105 e. The predicted molar refractivity (Wildman–Crippen MR) is 67.6 cm³/mol. The van der Waals surface area contributed by atoms with E-state index in [2.05, 4.69) is 32.8 Å². The molecule has 4 heteroatoms. The molecule has 0 unspecified atom stereocenters. The zero-order valence-corrected chi connectivity index (χ0v) is 10.3. The van der Waals surface area contributed by atoms with Crippen molar-refractivity contribution in [3.8, 4) is 0 Å². The minimum Gasteiger partial charge on any atom is -0.334 e. The fraction of sp³-hybridized carbons (Fsp3) is 0.385. The lowest BCUT2D eigenvalue weighted by atomic mass is 10.1. The van der Waals surface area contributed by atoms with Crippen LogP contribution < -0.4 is 5.32 Å². The third kappa shape index (κ3) is 3.14. The van der Waals surface area contributed by atoms with E-state index < -0.39 is 0 Å². The SMILES string of the molecule is Cc1nccn1CCN[C@@H](C)c1cccnc1. The Morgan fingerprint density at radius 1 is 1.41 bits per heavy atom. The molecule has 90 valence electrons. The van der Waals surface area contributed by atoms with Crippen molar-refractivity contribution in [2.24, 2.45) is 0 Å². The van der Waals surface area contributed by atoms with Crippen LogP contribution in [-0.4, -0.2) is 21.1 Å².